The van der Waals surface area contributed by atoms with Gasteiger partial charge in [0, 0.05) is 25.6 Å². The summed E-state index contributed by atoms with van der Waals surface area (Å²) in [5.41, 5.74) is 0.864. The molecule has 136 valence electrons. The molecule has 0 bridgehead atoms. The highest BCUT2D eigenvalue weighted by Crippen LogP contribution is 2.36. The molecule has 3 rings (SSSR count). The van der Waals surface area contributed by atoms with E-state index in [0.29, 0.717) is 13.0 Å². The van der Waals surface area contributed by atoms with Gasteiger partial charge in [-0.15, -0.1) is 0 Å². The first-order valence-corrected chi connectivity index (χ1v) is 9.31. The maximum atomic E-state index is 12.7. The standard InChI is InChI=1S/C20H29N3O2/c1-22(2)20(12-6-13-20)19(25)21-17-11-14-23(15-17)18(24)10-9-16-7-4-3-5-8-16/h3-5,7-8,17H,6,9-15H2,1-2H3,(H,21,25)/t17-/m1/s1. The van der Waals surface area contributed by atoms with Gasteiger partial charge in [0.05, 0.1) is 5.54 Å². The molecule has 0 unspecified atom stereocenters. The fraction of sp³-hybridized carbons (Fsp3) is 0.600. The van der Waals surface area contributed by atoms with Crippen LogP contribution in [0.5, 0.6) is 0 Å². The lowest BCUT2D eigenvalue weighted by atomic mass is 9.75. The van der Waals surface area contributed by atoms with Gasteiger partial charge in [0.25, 0.3) is 0 Å². The smallest absolute Gasteiger partial charge is 0.240 e. The molecule has 1 aliphatic heterocycles. The quantitative estimate of drug-likeness (QED) is 0.857. The molecular weight excluding hydrogens is 314 g/mol. The molecule has 1 saturated carbocycles. The number of rotatable bonds is 6. The molecule has 0 aromatic heterocycles. The summed E-state index contributed by atoms with van der Waals surface area (Å²) in [4.78, 5) is 29.0. The van der Waals surface area contributed by atoms with E-state index >= 15 is 0 Å². The number of carbonyl (C=O) groups is 2. The Morgan fingerprint density at radius 3 is 2.56 bits per heavy atom. The first kappa shape index (κ1) is 17.9. The summed E-state index contributed by atoms with van der Waals surface area (Å²) >= 11 is 0. The van der Waals surface area contributed by atoms with Crippen LogP contribution in [0.15, 0.2) is 30.3 Å². The predicted molar refractivity (Wildman–Crippen MR) is 98.2 cm³/mol. The second kappa shape index (κ2) is 7.56. The zero-order valence-corrected chi connectivity index (χ0v) is 15.3. The molecule has 0 spiro atoms. The van der Waals surface area contributed by atoms with Crippen molar-refractivity contribution in [1.29, 1.82) is 0 Å². The number of amides is 2. The summed E-state index contributed by atoms with van der Waals surface area (Å²) in [5, 5.41) is 3.19. The molecule has 1 atom stereocenters. The van der Waals surface area contributed by atoms with Crippen LogP contribution in [-0.2, 0) is 16.0 Å². The third-order valence-electron chi connectivity index (χ3n) is 5.81. The second-order valence-corrected chi connectivity index (χ2v) is 7.56. The average Bonchev–Trinajstić information content (AvgIpc) is 3.00. The summed E-state index contributed by atoms with van der Waals surface area (Å²) < 4.78 is 0. The molecule has 1 aromatic carbocycles. The maximum absolute atomic E-state index is 12.7. The summed E-state index contributed by atoms with van der Waals surface area (Å²) in [6, 6.07) is 10.2. The fourth-order valence-corrected chi connectivity index (χ4v) is 3.87. The van der Waals surface area contributed by atoms with Gasteiger partial charge in [0.1, 0.15) is 0 Å². The Morgan fingerprint density at radius 2 is 1.96 bits per heavy atom. The van der Waals surface area contributed by atoms with Crippen molar-refractivity contribution in [3.8, 4) is 0 Å². The van der Waals surface area contributed by atoms with E-state index in [9.17, 15) is 9.59 Å². The molecule has 1 heterocycles. The molecule has 1 aliphatic carbocycles. The van der Waals surface area contributed by atoms with Gasteiger partial charge < -0.3 is 10.2 Å². The molecule has 1 N–H and O–H groups in total. The van der Waals surface area contributed by atoms with Crippen molar-refractivity contribution in [2.75, 3.05) is 27.2 Å². The number of hydrogen-bond donors (Lipinski definition) is 1. The van der Waals surface area contributed by atoms with E-state index in [1.807, 2.05) is 42.1 Å². The molecule has 2 amide bonds. The van der Waals surface area contributed by atoms with Crippen LogP contribution in [0.3, 0.4) is 0 Å². The summed E-state index contributed by atoms with van der Waals surface area (Å²) in [7, 11) is 3.96. The Balaban J connectivity index is 1.46. The number of nitrogens with one attached hydrogen (secondary N) is 1. The highest BCUT2D eigenvalue weighted by molar-refractivity contribution is 5.87. The lowest BCUT2D eigenvalue weighted by molar-refractivity contribution is -0.138. The lowest BCUT2D eigenvalue weighted by Gasteiger charge is -2.45. The number of nitrogens with zero attached hydrogens (tertiary/aromatic N) is 2. The first-order valence-electron chi connectivity index (χ1n) is 9.31. The molecule has 0 radical (unpaired) electrons. The fourth-order valence-electron chi connectivity index (χ4n) is 3.87. The van der Waals surface area contributed by atoms with Crippen LogP contribution in [-0.4, -0.2) is 60.4 Å². The molecule has 1 saturated heterocycles. The van der Waals surface area contributed by atoms with Crippen molar-refractivity contribution in [2.24, 2.45) is 0 Å². The molecule has 2 fully saturated rings. The summed E-state index contributed by atoms with van der Waals surface area (Å²) in [6.07, 6.45) is 5.13. The normalized spacial score (nSPS) is 21.9. The minimum absolute atomic E-state index is 0.0885. The van der Waals surface area contributed by atoms with Crippen LogP contribution >= 0.6 is 0 Å². The number of carbonyl (C=O) groups excluding carboxylic acids is 2. The Hall–Kier alpha value is -1.88. The summed E-state index contributed by atoms with van der Waals surface area (Å²) in [6.45, 7) is 1.39. The second-order valence-electron chi connectivity index (χ2n) is 7.56. The highest BCUT2D eigenvalue weighted by Gasteiger charge is 2.46. The van der Waals surface area contributed by atoms with Crippen LogP contribution in [0, 0.1) is 0 Å². The van der Waals surface area contributed by atoms with Crippen molar-refractivity contribution >= 4 is 11.8 Å². The van der Waals surface area contributed by atoms with Crippen molar-refractivity contribution in [3.05, 3.63) is 35.9 Å². The van der Waals surface area contributed by atoms with Crippen molar-refractivity contribution in [1.82, 2.24) is 15.1 Å². The third-order valence-corrected chi connectivity index (χ3v) is 5.81. The Kier molecular flexibility index (Phi) is 5.42. The van der Waals surface area contributed by atoms with Crippen LogP contribution in [0.4, 0.5) is 0 Å². The lowest BCUT2D eigenvalue weighted by Crippen LogP contribution is -2.62. The molecule has 2 aliphatic rings. The largest absolute Gasteiger partial charge is 0.350 e. The van der Waals surface area contributed by atoms with E-state index in [4.69, 9.17) is 0 Å². The monoisotopic (exact) mass is 343 g/mol. The van der Waals surface area contributed by atoms with Gasteiger partial charge in [-0.2, -0.15) is 0 Å². The number of hydrogen-bond acceptors (Lipinski definition) is 3. The predicted octanol–water partition coefficient (Wildman–Crippen LogP) is 1.82. The molecule has 1 aromatic rings. The van der Waals surface area contributed by atoms with Crippen LogP contribution < -0.4 is 5.32 Å². The third kappa shape index (κ3) is 3.87. The van der Waals surface area contributed by atoms with Crippen molar-refractivity contribution in [3.63, 3.8) is 0 Å². The van der Waals surface area contributed by atoms with E-state index in [-0.39, 0.29) is 23.4 Å². The van der Waals surface area contributed by atoms with Crippen LogP contribution in [0.25, 0.3) is 0 Å². The van der Waals surface area contributed by atoms with Gasteiger partial charge in [-0.3, -0.25) is 14.5 Å². The number of likely N-dealkylation sites (N-methyl/N-ethyl adjacent to an activating group) is 1. The number of likely N-dealkylation sites (tertiary alicyclic amines) is 1. The molecular formula is C20H29N3O2. The Bertz CT molecular complexity index is 611. The van der Waals surface area contributed by atoms with Gasteiger partial charge in [-0.05, 0) is 51.8 Å². The zero-order chi connectivity index (χ0) is 17.9. The van der Waals surface area contributed by atoms with E-state index in [0.717, 1.165) is 38.6 Å². The van der Waals surface area contributed by atoms with E-state index in [1.54, 1.807) is 0 Å². The average molecular weight is 343 g/mol. The molecule has 5 nitrogen and oxygen atoms in total. The molecule has 5 heteroatoms. The topological polar surface area (TPSA) is 52.7 Å². The minimum atomic E-state index is -0.329. The Labute approximate surface area is 150 Å². The number of benzene rings is 1. The van der Waals surface area contributed by atoms with Crippen LogP contribution in [0.1, 0.15) is 37.7 Å². The molecule has 25 heavy (non-hydrogen) atoms. The van der Waals surface area contributed by atoms with Gasteiger partial charge in [-0.25, -0.2) is 0 Å². The van der Waals surface area contributed by atoms with Gasteiger partial charge in [-0.1, -0.05) is 30.3 Å². The highest BCUT2D eigenvalue weighted by atomic mass is 16.2. The Morgan fingerprint density at radius 1 is 1.24 bits per heavy atom. The van der Waals surface area contributed by atoms with E-state index in [1.165, 1.54) is 5.56 Å². The first-order chi connectivity index (χ1) is 12.0. The van der Waals surface area contributed by atoms with E-state index < -0.39 is 0 Å². The van der Waals surface area contributed by atoms with Crippen LogP contribution in [0.2, 0.25) is 0 Å². The van der Waals surface area contributed by atoms with E-state index in [2.05, 4.69) is 17.4 Å². The maximum Gasteiger partial charge on any atom is 0.240 e. The van der Waals surface area contributed by atoms with Gasteiger partial charge in [0.2, 0.25) is 11.8 Å². The summed E-state index contributed by atoms with van der Waals surface area (Å²) in [5.74, 6) is 0.318. The SMILES string of the molecule is CN(C)C1(C(=O)N[C@@H]2CCN(C(=O)CCc3ccccc3)C2)CCC1. The zero-order valence-electron chi connectivity index (χ0n) is 15.3. The van der Waals surface area contributed by atoms with Gasteiger partial charge >= 0.3 is 0 Å². The van der Waals surface area contributed by atoms with Crippen molar-refractivity contribution in [2.45, 2.75) is 50.1 Å². The van der Waals surface area contributed by atoms with Gasteiger partial charge in [0.15, 0.2) is 0 Å². The minimum Gasteiger partial charge on any atom is -0.350 e. The van der Waals surface area contributed by atoms with Crippen molar-refractivity contribution < 1.29 is 9.59 Å². The number of aryl methyl sites for hydroxylation is 1.